The van der Waals surface area contributed by atoms with Gasteiger partial charge in [0.15, 0.2) is 11.5 Å². The molecular formula is C36H36ClN3O7S. The summed E-state index contributed by atoms with van der Waals surface area (Å²) in [6.45, 7) is 1.92. The van der Waals surface area contributed by atoms with E-state index in [1.54, 1.807) is 78.9 Å². The number of hydrogen-bond acceptors (Lipinski definition) is 8. The highest BCUT2D eigenvalue weighted by atomic mass is 35.5. The standard InChI is InChI=1S/C36H36ClN3O7S/c1-6-32(36(43)39-25-15-16-29(44-2)27(37)21-25)48-26-14-10-13-24(20-26)38-35(42)28(40-34(41)23-11-8-7-9-12-23)17-22-18-30(45-3)33(47-5)31(19-22)46-4/h7-21,32H,6H2,1-5H3,(H,38,42)(H,39,43)(H,40,41)/b28-17+. The number of ether oxygens (including phenoxy) is 4. The Bertz CT molecular complexity index is 1770. The summed E-state index contributed by atoms with van der Waals surface area (Å²) in [6, 6.07) is 24.0. The van der Waals surface area contributed by atoms with Crippen molar-refractivity contribution in [2.24, 2.45) is 0 Å². The molecule has 0 radical (unpaired) electrons. The van der Waals surface area contributed by atoms with E-state index in [4.69, 9.17) is 30.5 Å². The molecule has 12 heteroatoms. The molecule has 4 aromatic carbocycles. The predicted octanol–water partition coefficient (Wildman–Crippen LogP) is 7.29. The van der Waals surface area contributed by atoms with Gasteiger partial charge in [-0.25, -0.2) is 0 Å². The summed E-state index contributed by atoms with van der Waals surface area (Å²) >= 11 is 7.58. The van der Waals surface area contributed by atoms with Gasteiger partial charge in [0.05, 0.1) is 38.7 Å². The monoisotopic (exact) mass is 689 g/mol. The second kappa shape index (κ2) is 17.1. The summed E-state index contributed by atoms with van der Waals surface area (Å²) in [5, 5.41) is 8.46. The van der Waals surface area contributed by atoms with Crippen molar-refractivity contribution in [3.63, 3.8) is 0 Å². The average Bonchev–Trinajstić information content (AvgIpc) is 3.10. The smallest absolute Gasteiger partial charge is 0.272 e. The fourth-order valence-electron chi connectivity index (χ4n) is 4.59. The first-order valence-corrected chi connectivity index (χ1v) is 16.1. The van der Waals surface area contributed by atoms with Gasteiger partial charge in [-0.1, -0.05) is 42.8 Å². The highest BCUT2D eigenvalue weighted by Crippen LogP contribution is 2.39. The number of thioether (sulfide) groups is 1. The Hall–Kier alpha value is -5.13. The van der Waals surface area contributed by atoms with Gasteiger partial charge in [0.2, 0.25) is 11.7 Å². The van der Waals surface area contributed by atoms with Crippen LogP contribution < -0.4 is 34.9 Å². The third kappa shape index (κ3) is 9.24. The molecule has 4 aromatic rings. The van der Waals surface area contributed by atoms with E-state index < -0.39 is 17.1 Å². The van der Waals surface area contributed by atoms with E-state index in [1.165, 1.54) is 46.3 Å². The number of nitrogens with one attached hydrogen (secondary N) is 3. The fraction of sp³-hybridized carbons (Fsp3) is 0.194. The van der Waals surface area contributed by atoms with Gasteiger partial charge in [0, 0.05) is 21.8 Å². The van der Waals surface area contributed by atoms with Crippen LogP contribution in [0, 0.1) is 0 Å². The third-order valence-corrected chi connectivity index (χ3v) is 8.63. The molecule has 10 nitrogen and oxygen atoms in total. The second-order valence-corrected chi connectivity index (χ2v) is 11.9. The normalized spacial score (nSPS) is 11.6. The molecule has 3 amide bonds. The van der Waals surface area contributed by atoms with Crippen LogP contribution in [-0.4, -0.2) is 51.4 Å². The Morgan fingerprint density at radius 3 is 2.04 bits per heavy atom. The molecule has 0 saturated carbocycles. The number of rotatable bonds is 14. The first-order valence-electron chi connectivity index (χ1n) is 14.8. The maximum atomic E-state index is 13.7. The zero-order valence-corrected chi connectivity index (χ0v) is 28.7. The summed E-state index contributed by atoms with van der Waals surface area (Å²) in [6.07, 6.45) is 2.06. The number of benzene rings is 4. The number of hydrogen-bond donors (Lipinski definition) is 3. The molecule has 0 aliphatic rings. The molecule has 4 rings (SSSR count). The van der Waals surface area contributed by atoms with Crippen LogP contribution in [0.5, 0.6) is 23.0 Å². The van der Waals surface area contributed by atoms with E-state index in [0.717, 1.165) is 4.90 Å². The quantitative estimate of drug-likeness (QED) is 0.0932. The lowest BCUT2D eigenvalue weighted by atomic mass is 10.1. The number of halogens is 1. The SMILES string of the molecule is CCC(Sc1cccc(NC(=O)/C(=C\c2cc(OC)c(OC)c(OC)c2)NC(=O)c2ccccc2)c1)C(=O)Nc1ccc(OC)c(Cl)c1. The van der Waals surface area contributed by atoms with Crippen molar-refractivity contribution in [3.8, 4) is 23.0 Å². The van der Waals surface area contributed by atoms with Gasteiger partial charge < -0.3 is 34.9 Å². The van der Waals surface area contributed by atoms with Crippen LogP contribution in [0.2, 0.25) is 5.02 Å². The molecule has 1 unspecified atom stereocenters. The number of amides is 3. The lowest BCUT2D eigenvalue weighted by molar-refractivity contribution is -0.116. The predicted molar refractivity (Wildman–Crippen MR) is 190 cm³/mol. The van der Waals surface area contributed by atoms with E-state index in [-0.39, 0.29) is 11.6 Å². The first-order chi connectivity index (χ1) is 23.2. The lowest BCUT2D eigenvalue weighted by Gasteiger charge is -2.16. The minimum atomic E-state index is -0.573. The zero-order valence-electron chi connectivity index (χ0n) is 27.1. The van der Waals surface area contributed by atoms with Gasteiger partial charge in [-0.2, -0.15) is 0 Å². The van der Waals surface area contributed by atoms with E-state index in [0.29, 0.717) is 56.9 Å². The Kier molecular flexibility index (Phi) is 12.8. The van der Waals surface area contributed by atoms with Crippen LogP contribution in [0.1, 0.15) is 29.3 Å². The van der Waals surface area contributed by atoms with Crippen LogP contribution in [-0.2, 0) is 9.59 Å². The Balaban J connectivity index is 1.57. The number of carbonyl (C=O) groups excluding carboxylic acids is 3. The summed E-state index contributed by atoms with van der Waals surface area (Å²) in [5.74, 6) is 0.421. The first kappa shape index (κ1) is 35.7. The topological polar surface area (TPSA) is 124 Å². The molecule has 0 aliphatic heterocycles. The lowest BCUT2D eigenvalue weighted by Crippen LogP contribution is -2.30. The highest BCUT2D eigenvalue weighted by molar-refractivity contribution is 8.00. The second-order valence-electron chi connectivity index (χ2n) is 10.2. The largest absolute Gasteiger partial charge is 0.495 e. The van der Waals surface area contributed by atoms with Crippen molar-refractivity contribution in [1.82, 2.24) is 5.32 Å². The minimum absolute atomic E-state index is 0.0276. The van der Waals surface area contributed by atoms with Crippen molar-refractivity contribution in [2.45, 2.75) is 23.5 Å². The molecule has 0 spiro atoms. The van der Waals surface area contributed by atoms with Crippen molar-refractivity contribution < 1.29 is 33.3 Å². The molecule has 48 heavy (non-hydrogen) atoms. The Morgan fingerprint density at radius 2 is 1.44 bits per heavy atom. The zero-order chi connectivity index (χ0) is 34.6. The molecule has 250 valence electrons. The van der Waals surface area contributed by atoms with Crippen LogP contribution >= 0.6 is 23.4 Å². The van der Waals surface area contributed by atoms with Crippen molar-refractivity contribution in [3.05, 3.63) is 107 Å². The summed E-state index contributed by atoms with van der Waals surface area (Å²) in [5.41, 5.74) is 1.88. The third-order valence-electron chi connectivity index (χ3n) is 6.98. The minimum Gasteiger partial charge on any atom is -0.495 e. The van der Waals surface area contributed by atoms with E-state index in [2.05, 4.69) is 16.0 Å². The number of carbonyl (C=O) groups is 3. The van der Waals surface area contributed by atoms with Gasteiger partial charge in [-0.3, -0.25) is 14.4 Å². The molecule has 0 heterocycles. The summed E-state index contributed by atoms with van der Waals surface area (Å²) in [7, 11) is 5.99. The highest BCUT2D eigenvalue weighted by Gasteiger charge is 2.21. The van der Waals surface area contributed by atoms with Crippen molar-refractivity contribution >= 4 is 58.5 Å². The van der Waals surface area contributed by atoms with Gasteiger partial charge in [-0.15, -0.1) is 11.8 Å². The van der Waals surface area contributed by atoms with Gasteiger partial charge in [-0.05, 0) is 78.7 Å². The van der Waals surface area contributed by atoms with Crippen LogP contribution in [0.4, 0.5) is 11.4 Å². The van der Waals surface area contributed by atoms with Crippen LogP contribution in [0.25, 0.3) is 6.08 Å². The maximum absolute atomic E-state index is 13.7. The fourth-order valence-corrected chi connectivity index (χ4v) is 5.86. The number of methoxy groups -OCH3 is 4. The van der Waals surface area contributed by atoms with Crippen molar-refractivity contribution in [1.29, 1.82) is 0 Å². The van der Waals surface area contributed by atoms with Crippen LogP contribution in [0.15, 0.2) is 95.5 Å². The molecule has 0 saturated heterocycles. The molecule has 0 fully saturated rings. The maximum Gasteiger partial charge on any atom is 0.272 e. The molecular weight excluding hydrogens is 654 g/mol. The molecule has 0 aliphatic carbocycles. The molecule has 0 bridgehead atoms. The Labute approximate surface area is 288 Å². The van der Waals surface area contributed by atoms with Crippen molar-refractivity contribution in [2.75, 3.05) is 39.1 Å². The molecule has 1 atom stereocenters. The molecule has 3 N–H and O–H groups in total. The summed E-state index contributed by atoms with van der Waals surface area (Å²) < 4.78 is 21.5. The van der Waals surface area contributed by atoms with E-state index in [9.17, 15) is 14.4 Å². The van der Waals surface area contributed by atoms with E-state index >= 15 is 0 Å². The summed E-state index contributed by atoms with van der Waals surface area (Å²) in [4.78, 5) is 40.8. The number of anilines is 2. The van der Waals surface area contributed by atoms with Crippen LogP contribution in [0.3, 0.4) is 0 Å². The van der Waals surface area contributed by atoms with Gasteiger partial charge in [0.1, 0.15) is 11.4 Å². The average molecular weight is 690 g/mol. The Morgan fingerprint density at radius 1 is 0.771 bits per heavy atom. The van der Waals surface area contributed by atoms with E-state index in [1.807, 2.05) is 13.0 Å². The molecule has 0 aromatic heterocycles. The van der Waals surface area contributed by atoms with Gasteiger partial charge in [0.25, 0.3) is 11.8 Å². The van der Waals surface area contributed by atoms with Gasteiger partial charge >= 0.3 is 0 Å².